The summed E-state index contributed by atoms with van der Waals surface area (Å²) in [6.45, 7) is 0. The molecule has 0 saturated heterocycles. The maximum Gasteiger partial charge on any atom is 0.160 e. The first-order chi connectivity index (χ1) is 3.83. The zero-order valence-corrected chi connectivity index (χ0v) is 5.02. The van der Waals surface area contributed by atoms with Crippen molar-refractivity contribution in [2.24, 2.45) is 0 Å². The Hall–Kier alpha value is -0.120. The summed E-state index contributed by atoms with van der Waals surface area (Å²) in [5, 5.41) is 14.5. The molecule has 0 amide bonds. The number of hydrogen-bond donors (Lipinski definition) is 3. The van der Waals surface area contributed by atoms with Crippen molar-refractivity contribution >= 4 is 0 Å². The largest absolute Gasteiger partial charge is 0.365 e. The third kappa shape index (κ3) is 1.78. The Morgan fingerprint density at radius 1 is 1.62 bits per heavy atom. The molecular weight excluding hydrogens is 104 g/mol. The van der Waals surface area contributed by atoms with Gasteiger partial charge < -0.3 is 5.11 Å². The molecule has 1 aliphatic rings. The second-order valence-electron chi connectivity index (χ2n) is 2.13. The van der Waals surface area contributed by atoms with Crippen LogP contribution in [0, 0.1) is 0 Å². The highest BCUT2D eigenvalue weighted by Gasteiger charge is 2.22. The van der Waals surface area contributed by atoms with Crippen LogP contribution in [-0.2, 0) is 0 Å². The van der Waals surface area contributed by atoms with Gasteiger partial charge in [0.05, 0.1) is 0 Å². The molecule has 0 bridgehead atoms. The van der Waals surface area contributed by atoms with Crippen LogP contribution in [0.25, 0.3) is 0 Å². The fraction of sp³-hybridized carbons (Fsp3) is 1.00. The summed E-state index contributed by atoms with van der Waals surface area (Å²) in [7, 11) is 1.72. The molecule has 1 atom stereocenters. The average molecular weight is 116 g/mol. The summed E-state index contributed by atoms with van der Waals surface area (Å²) >= 11 is 0. The molecule has 0 aliphatic heterocycles. The maximum atomic E-state index is 8.85. The van der Waals surface area contributed by atoms with Gasteiger partial charge in [-0.05, 0) is 19.9 Å². The molecule has 0 aromatic heterocycles. The van der Waals surface area contributed by atoms with Crippen LogP contribution in [0.15, 0.2) is 0 Å². The lowest BCUT2D eigenvalue weighted by Crippen LogP contribution is -2.40. The van der Waals surface area contributed by atoms with Gasteiger partial charge in [0.15, 0.2) is 6.35 Å². The van der Waals surface area contributed by atoms with E-state index in [1.165, 1.54) is 12.8 Å². The van der Waals surface area contributed by atoms with Crippen molar-refractivity contribution in [2.75, 3.05) is 7.05 Å². The van der Waals surface area contributed by atoms with E-state index in [0.717, 1.165) is 0 Å². The molecule has 1 fully saturated rings. The van der Waals surface area contributed by atoms with E-state index in [2.05, 4.69) is 10.6 Å². The van der Waals surface area contributed by atoms with E-state index >= 15 is 0 Å². The minimum Gasteiger partial charge on any atom is -0.365 e. The summed E-state index contributed by atoms with van der Waals surface area (Å²) in [6, 6.07) is 0.567. The first kappa shape index (κ1) is 6.01. The van der Waals surface area contributed by atoms with Crippen molar-refractivity contribution in [2.45, 2.75) is 25.2 Å². The van der Waals surface area contributed by atoms with Crippen LogP contribution in [0.5, 0.6) is 0 Å². The van der Waals surface area contributed by atoms with Crippen LogP contribution in [-0.4, -0.2) is 24.5 Å². The normalized spacial score (nSPS) is 23.2. The van der Waals surface area contributed by atoms with Gasteiger partial charge in [-0.15, -0.1) is 0 Å². The van der Waals surface area contributed by atoms with Crippen molar-refractivity contribution in [1.29, 1.82) is 0 Å². The standard InChI is InChI=1S/C5H12N2O/c1-6-5(8)7-4-2-3-4/h4-8H,2-3H2,1H3. The SMILES string of the molecule is CNC(O)NC1CC1. The highest BCUT2D eigenvalue weighted by Crippen LogP contribution is 2.18. The van der Waals surface area contributed by atoms with E-state index in [9.17, 15) is 0 Å². The van der Waals surface area contributed by atoms with Crippen LogP contribution < -0.4 is 10.6 Å². The van der Waals surface area contributed by atoms with Crippen LogP contribution in [0.3, 0.4) is 0 Å². The fourth-order valence-electron chi connectivity index (χ4n) is 0.557. The zero-order chi connectivity index (χ0) is 5.98. The number of hydrogen-bond acceptors (Lipinski definition) is 3. The Morgan fingerprint density at radius 2 is 2.25 bits per heavy atom. The maximum absolute atomic E-state index is 8.85. The second-order valence-corrected chi connectivity index (χ2v) is 2.13. The summed E-state index contributed by atoms with van der Waals surface area (Å²) in [4.78, 5) is 0. The van der Waals surface area contributed by atoms with E-state index < -0.39 is 6.35 Å². The summed E-state index contributed by atoms with van der Waals surface area (Å²) in [5.74, 6) is 0. The minimum absolute atomic E-state index is 0.512. The first-order valence-electron chi connectivity index (χ1n) is 2.94. The Kier molecular flexibility index (Phi) is 1.83. The Morgan fingerprint density at radius 3 is 2.62 bits per heavy atom. The van der Waals surface area contributed by atoms with Crippen LogP contribution in [0.2, 0.25) is 0 Å². The zero-order valence-electron chi connectivity index (χ0n) is 5.02. The van der Waals surface area contributed by atoms with Crippen LogP contribution in [0.4, 0.5) is 0 Å². The third-order valence-electron chi connectivity index (χ3n) is 1.24. The molecular formula is C5H12N2O. The molecule has 1 saturated carbocycles. The van der Waals surface area contributed by atoms with Gasteiger partial charge >= 0.3 is 0 Å². The number of aliphatic hydroxyl groups excluding tert-OH is 1. The molecule has 1 unspecified atom stereocenters. The molecule has 1 rings (SSSR count). The smallest absolute Gasteiger partial charge is 0.160 e. The van der Waals surface area contributed by atoms with Crippen molar-refractivity contribution < 1.29 is 5.11 Å². The molecule has 3 nitrogen and oxygen atoms in total. The van der Waals surface area contributed by atoms with Gasteiger partial charge in [0.2, 0.25) is 0 Å². The molecule has 0 aromatic rings. The van der Waals surface area contributed by atoms with Gasteiger partial charge in [-0.2, -0.15) is 0 Å². The Labute approximate surface area is 49.1 Å². The molecule has 0 heterocycles. The summed E-state index contributed by atoms with van der Waals surface area (Å²) in [6.07, 6.45) is 1.90. The second kappa shape index (κ2) is 2.44. The van der Waals surface area contributed by atoms with Gasteiger partial charge in [0.1, 0.15) is 0 Å². The number of nitrogens with one attached hydrogen (secondary N) is 2. The van der Waals surface area contributed by atoms with E-state index in [1.807, 2.05) is 0 Å². The highest BCUT2D eigenvalue weighted by molar-refractivity contribution is 4.80. The van der Waals surface area contributed by atoms with Crippen LogP contribution >= 0.6 is 0 Å². The van der Waals surface area contributed by atoms with Gasteiger partial charge in [-0.1, -0.05) is 0 Å². The third-order valence-corrected chi connectivity index (χ3v) is 1.24. The fourth-order valence-corrected chi connectivity index (χ4v) is 0.557. The predicted octanol–water partition coefficient (Wildman–Crippen LogP) is -0.766. The van der Waals surface area contributed by atoms with Crippen molar-refractivity contribution in [1.82, 2.24) is 10.6 Å². The molecule has 3 heteroatoms. The van der Waals surface area contributed by atoms with Crippen LogP contribution in [0.1, 0.15) is 12.8 Å². The lowest BCUT2D eigenvalue weighted by atomic mass is 10.7. The van der Waals surface area contributed by atoms with Gasteiger partial charge in [0, 0.05) is 6.04 Å². The molecule has 0 aromatic carbocycles. The van der Waals surface area contributed by atoms with Gasteiger partial charge in [-0.3, -0.25) is 10.6 Å². The molecule has 3 N–H and O–H groups in total. The predicted molar refractivity (Wildman–Crippen MR) is 31.2 cm³/mol. The lowest BCUT2D eigenvalue weighted by molar-refractivity contribution is 0.108. The number of rotatable bonds is 3. The molecule has 0 radical (unpaired) electrons. The molecule has 0 spiro atoms. The van der Waals surface area contributed by atoms with Crippen molar-refractivity contribution in [3.05, 3.63) is 0 Å². The van der Waals surface area contributed by atoms with Gasteiger partial charge in [0.25, 0.3) is 0 Å². The minimum atomic E-state index is -0.512. The molecule has 48 valence electrons. The van der Waals surface area contributed by atoms with E-state index in [0.29, 0.717) is 6.04 Å². The van der Waals surface area contributed by atoms with E-state index in [-0.39, 0.29) is 0 Å². The Balaban J connectivity index is 1.98. The van der Waals surface area contributed by atoms with Crippen molar-refractivity contribution in [3.8, 4) is 0 Å². The van der Waals surface area contributed by atoms with E-state index in [1.54, 1.807) is 7.05 Å². The average Bonchev–Trinajstić information content (AvgIpc) is 2.50. The van der Waals surface area contributed by atoms with Crippen molar-refractivity contribution in [3.63, 3.8) is 0 Å². The van der Waals surface area contributed by atoms with Gasteiger partial charge in [-0.25, -0.2) is 0 Å². The van der Waals surface area contributed by atoms with E-state index in [4.69, 9.17) is 5.11 Å². The Bertz CT molecular complexity index is 72.8. The topological polar surface area (TPSA) is 44.3 Å². The molecule has 8 heavy (non-hydrogen) atoms. The lowest BCUT2D eigenvalue weighted by Gasteiger charge is -2.08. The summed E-state index contributed by atoms with van der Waals surface area (Å²) < 4.78 is 0. The molecule has 1 aliphatic carbocycles. The summed E-state index contributed by atoms with van der Waals surface area (Å²) in [5.41, 5.74) is 0. The quantitative estimate of drug-likeness (QED) is 0.424. The first-order valence-corrected chi connectivity index (χ1v) is 2.94. The highest BCUT2D eigenvalue weighted by atomic mass is 16.3. The number of aliphatic hydroxyl groups is 1. The monoisotopic (exact) mass is 116 g/mol.